The van der Waals surface area contributed by atoms with Crippen molar-refractivity contribution < 1.29 is 8.78 Å². The number of hydrogen-bond donors (Lipinski definition) is 0. The molecule has 100 valence electrons. The van der Waals surface area contributed by atoms with Gasteiger partial charge in [-0.05, 0) is 18.4 Å². The normalized spacial score (nSPS) is 19.5. The van der Waals surface area contributed by atoms with Crippen LogP contribution in [-0.4, -0.2) is 0 Å². The van der Waals surface area contributed by atoms with Crippen molar-refractivity contribution in [3.05, 3.63) is 35.4 Å². The molecular weight excluding hydrogens is 254 g/mol. The highest BCUT2D eigenvalue weighted by Gasteiger charge is 2.20. The summed E-state index contributed by atoms with van der Waals surface area (Å²) in [5.74, 6) is -0.488. The molecule has 0 spiro atoms. The van der Waals surface area contributed by atoms with Crippen molar-refractivity contribution in [1.82, 2.24) is 0 Å². The first-order valence-electron chi connectivity index (χ1n) is 6.76. The zero-order valence-electron chi connectivity index (χ0n) is 10.5. The smallest absolute Gasteiger partial charge is 0.130 e. The standard InChI is InChI=1S/C15H19ClF2/c16-14(9-11-5-3-1-2-4-6-11)13-8-7-12(17)10-15(13)18/h7-8,10-11,14H,1-6,9H2. The van der Waals surface area contributed by atoms with Crippen LogP contribution in [0.25, 0.3) is 0 Å². The molecule has 0 saturated heterocycles. The quantitative estimate of drug-likeness (QED) is 0.496. The van der Waals surface area contributed by atoms with Gasteiger partial charge in [-0.25, -0.2) is 8.78 Å². The molecule has 0 nitrogen and oxygen atoms in total. The Hall–Kier alpha value is -0.630. The van der Waals surface area contributed by atoms with Crippen LogP contribution in [-0.2, 0) is 0 Å². The number of benzene rings is 1. The van der Waals surface area contributed by atoms with E-state index in [-0.39, 0.29) is 5.38 Å². The molecule has 1 atom stereocenters. The van der Waals surface area contributed by atoms with E-state index in [1.807, 2.05) is 0 Å². The van der Waals surface area contributed by atoms with Gasteiger partial charge in [-0.1, -0.05) is 44.6 Å². The Kier molecular flexibility index (Phi) is 4.99. The van der Waals surface area contributed by atoms with Gasteiger partial charge in [0.15, 0.2) is 0 Å². The van der Waals surface area contributed by atoms with Gasteiger partial charge in [-0.2, -0.15) is 0 Å². The second kappa shape index (κ2) is 6.51. The van der Waals surface area contributed by atoms with E-state index in [0.29, 0.717) is 11.5 Å². The third-order valence-electron chi connectivity index (χ3n) is 3.81. The molecule has 0 radical (unpaired) electrons. The summed E-state index contributed by atoms with van der Waals surface area (Å²) in [7, 11) is 0. The van der Waals surface area contributed by atoms with Crippen LogP contribution < -0.4 is 0 Å². The van der Waals surface area contributed by atoms with E-state index in [1.165, 1.54) is 50.7 Å². The van der Waals surface area contributed by atoms with Crippen molar-refractivity contribution >= 4 is 11.6 Å². The first-order chi connectivity index (χ1) is 8.66. The van der Waals surface area contributed by atoms with Crippen LogP contribution in [0, 0.1) is 17.6 Å². The minimum atomic E-state index is -0.547. The summed E-state index contributed by atoms with van der Waals surface area (Å²) in [4.78, 5) is 0. The van der Waals surface area contributed by atoms with E-state index in [9.17, 15) is 8.78 Å². The third kappa shape index (κ3) is 3.68. The fraction of sp³-hybridized carbons (Fsp3) is 0.600. The van der Waals surface area contributed by atoms with Gasteiger partial charge in [0, 0.05) is 11.6 Å². The Labute approximate surface area is 112 Å². The molecule has 1 unspecified atom stereocenters. The summed E-state index contributed by atoms with van der Waals surface area (Å²) in [5, 5.41) is -0.339. The largest absolute Gasteiger partial charge is 0.207 e. The number of hydrogen-bond acceptors (Lipinski definition) is 0. The first-order valence-corrected chi connectivity index (χ1v) is 7.19. The summed E-state index contributed by atoms with van der Waals surface area (Å²) >= 11 is 6.29. The molecule has 1 saturated carbocycles. The predicted octanol–water partition coefficient (Wildman–Crippen LogP) is 5.61. The van der Waals surface area contributed by atoms with Gasteiger partial charge in [0.1, 0.15) is 11.6 Å². The third-order valence-corrected chi connectivity index (χ3v) is 4.23. The zero-order valence-corrected chi connectivity index (χ0v) is 11.2. The predicted molar refractivity (Wildman–Crippen MR) is 70.8 cm³/mol. The van der Waals surface area contributed by atoms with Crippen molar-refractivity contribution in [2.45, 2.75) is 50.3 Å². The summed E-state index contributed by atoms with van der Waals surface area (Å²) in [5.41, 5.74) is 0.433. The monoisotopic (exact) mass is 272 g/mol. The van der Waals surface area contributed by atoms with E-state index in [4.69, 9.17) is 11.6 Å². The summed E-state index contributed by atoms with van der Waals surface area (Å²) in [6.07, 6.45) is 8.27. The molecule has 3 heteroatoms. The lowest BCUT2D eigenvalue weighted by Gasteiger charge is -2.18. The lowest BCUT2D eigenvalue weighted by atomic mass is 9.92. The van der Waals surface area contributed by atoms with E-state index < -0.39 is 11.6 Å². The van der Waals surface area contributed by atoms with Crippen LogP contribution >= 0.6 is 11.6 Å². The SMILES string of the molecule is Fc1ccc(C(Cl)CC2CCCCCC2)c(F)c1. The molecule has 0 amide bonds. The van der Waals surface area contributed by atoms with Gasteiger partial charge in [-0.15, -0.1) is 11.6 Å². The van der Waals surface area contributed by atoms with Crippen LogP contribution in [0.1, 0.15) is 55.9 Å². The fourth-order valence-electron chi connectivity index (χ4n) is 2.77. The number of halogens is 3. The van der Waals surface area contributed by atoms with Crippen molar-refractivity contribution in [1.29, 1.82) is 0 Å². The lowest BCUT2D eigenvalue weighted by molar-refractivity contribution is 0.418. The maximum absolute atomic E-state index is 13.6. The Balaban J connectivity index is 1.99. The van der Waals surface area contributed by atoms with Crippen LogP contribution in [0.2, 0.25) is 0 Å². The molecule has 1 aromatic carbocycles. The van der Waals surface area contributed by atoms with E-state index in [0.717, 1.165) is 12.5 Å². The average molecular weight is 273 g/mol. The van der Waals surface area contributed by atoms with Crippen LogP contribution in [0.4, 0.5) is 8.78 Å². The molecule has 0 heterocycles. The summed E-state index contributed by atoms with van der Waals surface area (Å²) in [6.45, 7) is 0. The highest BCUT2D eigenvalue weighted by molar-refractivity contribution is 6.20. The molecule has 0 N–H and O–H groups in total. The van der Waals surface area contributed by atoms with Gasteiger partial charge >= 0.3 is 0 Å². The Bertz CT molecular complexity index is 384. The highest BCUT2D eigenvalue weighted by atomic mass is 35.5. The van der Waals surface area contributed by atoms with Gasteiger partial charge in [0.05, 0.1) is 5.38 Å². The summed E-state index contributed by atoms with van der Waals surface area (Å²) < 4.78 is 26.5. The molecular formula is C15H19ClF2. The maximum Gasteiger partial charge on any atom is 0.130 e. The van der Waals surface area contributed by atoms with Crippen LogP contribution in [0.5, 0.6) is 0 Å². The topological polar surface area (TPSA) is 0 Å². The Morgan fingerprint density at radius 2 is 1.78 bits per heavy atom. The van der Waals surface area contributed by atoms with Crippen molar-refractivity contribution in [2.24, 2.45) is 5.92 Å². The first kappa shape index (κ1) is 13.8. The average Bonchev–Trinajstić information content (AvgIpc) is 2.57. The second-order valence-corrected chi connectivity index (χ2v) is 5.75. The highest BCUT2D eigenvalue weighted by Crippen LogP contribution is 2.35. The van der Waals surface area contributed by atoms with Gasteiger partial charge in [0.25, 0.3) is 0 Å². The number of rotatable bonds is 3. The lowest BCUT2D eigenvalue weighted by Crippen LogP contribution is -2.05. The van der Waals surface area contributed by atoms with E-state index >= 15 is 0 Å². The maximum atomic E-state index is 13.6. The van der Waals surface area contributed by atoms with Crippen molar-refractivity contribution in [2.75, 3.05) is 0 Å². The molecule has 0 aliphatic heterocycles. The second-order valence-electron chi connectivity index (χ2n) is 5.23. The molecule has 1 fully saturated rings. The molecule has 1 aliphatic carbocycles. The molecule has 0 aromatic heterocycles. The minimum Gasteiger partial charge on any atom is -0.207 e. The molecule has 1 aromatic rings. The fourth-order valence-corrected chi connectivity index (χ4v) is 3.20. The van der Waals surface area contributed by atoms with E-state index in [1.54, 1.807) is 0 Å². The van der Waals surface area contributed by atoms with Crippen LogP contribution in [0.3, 0.4) is 0 Å². The van der Waals surface area contributed by atoms with Gasteiger partial charge in [0.2, 0.25) is 0 Å². The van der Waals surface area contributed by atoms with Crippen molar-refractivity contribution in [3.63, 3.8) is 0 Å². The van der Waals surface area contributed by atoms with Crippen molar-refractivity contribution in [3.8, 4) is 0 Å². The van der Waals surface area contributed by atoms with E-state index in [2.05, 4.69) is 0 Å². The Morgan fingerprint density at radius 3 is 2.39 bits per heavy atom. The number of alkyl halides is 1. The molecule has 2 rings (SSSR count). The molecule has 1 aliphatic rings. The molecule has 0 bridgehead atoms. The molecule has 18 heavy (non-hydrogen) atoms. The van der Waals surface area contributed by atoms with Gasteiger partial charge in [-0.3, -0.25) is 0 Å². The van der Waals surface area contributed by atoms with Crippen LogP contribution in [0.15, 0.2) is 18.2 Å². The minimum absolute atomic E-state index is 0.339. The van der Waals surface area contributed by atoms with Gasteiger partial charge < -0.3 is 0 Å². The zero-order chi connectivity index (χ0) is 13.0. The Morgan fingerprint density at radius 1 is 1.11 bits per heavy atom. The summed E-state index contributed by atoms with van der Waals surface area (Å²) in [6, 6.07) is 3.66.